The molecule has 19 heavy (non-hydrogen) atoms. The molecule has 0 radical (unpaired) electrons. The zero-order valence-corrected chi connectivity index (χ0v) is 10.8. The number of carbonyl (C=O) groups excluding carboxylic acids is 1. The number of rotatable bonds is 4. The van der Waals surface area contributed by atoms with E-state index in [4.69, 9.17) is 10.9 Å². The van der Waals surface area contributed by atoms with Gasteiger partial charge in [0.1, 0.15) is 5.82 Å². The van der Waals surface area contributed by atoms with Gasteiger partial charge in [-0.25, -0.2) is 9.18 Å². The lowest BCUT2D eigenvalue weighted by Gasteiger charge is -2.26. The molecule has 0 aliphatic rings. The first-order valence-electron chi connectivity index (χ1n) is 5.74. The van der Waals surface area contributed by atoms with Crippen LogP contribution in [-0.2, 0) is 0 Å². The highest BCUT2D eigenvalue weighted by molar-refractivity contribution is 5.93. The fourth-order valence-electron chi connectivity index (χ4n) is 1.44. The normalized spacial score (nSPS) is 11.5. The summed E-state index contributed by atoms with van der Waals surface area (Å²) in [4.78, 5) is 13.3. The van der Waals surface area contributed by atoms with Gasteiger partial charge in [-0.05, 0) is 26.0 Å². The molecule has 0 saturated heterocycles. The topological polar surface area (TPSA) is 90.9 Å². The van der Waals surface area contributed by atoms with Crippen LogP contribution in [0.4, 0.5) is 14.9 Å². The first-order chi connectivity index (χ1) is 8.95. The number of urea groups is 1. The third-order valence-electron chi connectivity index (χ3n) is 2.46. The zero-order valence-electron chi connectivity index (χ0n) is 10.8. The lowest BCUT2D eigenvalue weighted by atomic mass is 10.3. The Kier molecular flexibility index (Phi) is 5.11. The number of amidine groups is 1. The molecule has 1 aromatic carbocycles. The predicted octanol–water partition coefficient (Wildman–Crippen LogP) is 1.81. The van der Waals surface area contributed by atoms with Crippen molar-refractivity contribution in [3.8, 4) is 0 Å². The Morgan fingerprint density at radius 3 is 2.68 bits per heavy atom. The molecule has 0 aromatic heterocycles. The molecular formula is C12H17FN4O2. The van der Waals surface area contributed by atoms with Crippen LogP contribution >= 0.6 is 0 Å². The quantitative estimate of drug-likeness (QED) is 0.336. The Labute approximate surface area is 110 Å². The Balaban J connectivity index is 2.81. The second kappa shape index (κ2) is 6.58. The van der Waals surface area contributed by atoms with E-state index in [2.05, 4.69) is 10.5 Å². The van der Waals surface area contributed by atoms with E-state index in [9.17, 15) is 9.18 Å². The first-order valence-corrected chi connectivity index (χ1v) is 5.74. The van der Waals surface area contributed by atoms with Crippen LogP contribution in [0.1, 0.15) is 13.8 Å². The molecule has 6 nitrogen and oxygen atoms in total. The molecule has 4 N–H and O–H groups in total. The summed E-state index contributed by atoms with van der Waals surface area (Å²) in [6, 6.07) is 5.14. The molecular weight excluding hydrogens is 251 g/mol. The number of para-hydroxylation sites is 1. The summed E-state index contributed by atoms with van der Waals surface area (Å²) >= 11 is 0. The van der Waals surface area contributed by atoms with Gasteiger partial charge in [0, 0.05) is 6.04 Å². The zero-order chi connectivity index (χ0) is 14.4. The maximum absolute atomic E-state index is 13.4. The number of halogens is 1. The third kappa shape index (κ3) is 4.13. The van der Waals surface area contributed by atoms with Gasteiger partial charge in [0.25, 0.3) is 0 Å². The summed E-state index contributed by atoms with van der Waals surface area (Å²) in [5.41, 5.74) is 5.46. The van der Waals surface area contributed by atoms with Crippen LogP contribution in [0.3, 0.4) is 0 Å². The average Bonchev–Trinajstić information content (AvgIpc) is 2.37. The van der Waals surface area contributed by atoms with Gasteiger partial charge in [0.15, 0.2) is 5.84 Å². The number of carbonyl (C=O) groups is 1. The van der Waals surface area contributed by atoms with E-state index in [0.29, 0.717) is 0 Å². The minimum Gasteiger partial charge on any atom is -0.409 e. The Morgan fingerprint density at radius 1 is 1.53 bits per heavy atom. The van der Waals surface area contributed by atoms with Gasteiger partial charge in [-0.2, -0.15) is 0 Å². The Bertz CT molecular complexity index is 477. The number of nitrogens with one attached hydrogen (secondary N) is 1. The van der Waals surface area contributed by atoms with Crippen molar-refractivity contribution in [3.05, 3.63) is 30.1 Å². The standard InChI is InChI=1S/C12H17FN4O2/c1-8(2)17(7-11(14)16-19)12(18)15-10-6-4-3-5-9(10)13/h3-6,8,19H,7H2,1-2H3,(H2,14,16)(H,15,18). The van der Waals surface area contributed by atoms with Crippen molar-refractivity contribution in [1.82, 2.24) is 4.90 Å². The fourth-order valence-corrected chi connectivity index (χ4v) is 1.44. The van der Waals surface area contributed by atoms with Gasteiger partial charge >= 0.3 is 6.03 Å². The first kappa shape index (κ1) is 14.7. The van der Waals surface area contributed by atoms with E-state index < -0.39 is 11.8 Å². The molecule has 0 unspecified atom stereocenters. The van der Waals surface area contributed by atoms with Crippen LogP contribution in [0.15, 0.2) is 29.4 Å². The smallest absolute Gasteiger partial charge is 0.322 e. The summed E-state index contributed by atoms with van der Waals surface area (Å²) in [6.07, 6.45) is 0. The molecule has 0 fully saturated rings. The van der Waals surface area contributed by atoms with E-state index in [1.165, 1.54) is 23.1 Å². The number of hydrogen-bond acceptors (Lipinski definition) is 3. The highest BCUT2D eigenvalue weighted by Crippen LogP contribution is 2.13. The predicted molar refractivity (Wildman–Crippen MR) is 70.7 cm³/mol. The van der Waals surface area contributed by atoms with E-state index in [1.54, 1.807) is 19.9 Å². The highest BCUT2D eigenvalue weighted by atomic mass is 19.1. The van der Waals surface area contributed by atoms with E-state index >= 15 is 0 Å². The van der Waals surface area contributed by atoms with Crippen LogP contribution in [-0.4, -0.2) is 34.6 Å². The van der Waals surface area contributed by atoms with Crippen LogP contribution in [0.5, 0.6) is 0 Å². The average molecular weight is 268 g/mol. The molecule has 104 valence electrons. The largest absolute Gasteiger partial charge is 0.409 e. The molecule has 0 atom stereocenters. The third-order valence-corrected chi connectivity index (χ3v) is 2.46. The number of amides is 2. The molecule has 7 heteroatoms. The van der Waals surface area contributed by atoms with Gasteiger partial charge in [0.2, 0.25) is 0 Å². The number of oxime groups is 1. The molecule has 1 aromatic rings. The van der Waals surface area contributed by atoms with Gasteiger partial charge in [0.05, 0.1) is 12.2 Å². The molecule has 0 bridgehead atoms. The summed E-state index contributed by atoms with van der Waals surface area (Å²) in [5, 5.41) is 13.8. The summed E-state index contributed by atoms with van der Waals surface area (Å²) in [6.45, 7) is 3.49. The van der Waals surface area contributed by atoms with Crippen molar-refractivity contribution in [2.24, 2.45) is 10.9 Å². The number of anilines is 1. The van der Waals surface area contributed by atoms with Crippen LogP contribution in [0, 0.1) is 5.82 Å². The second-order valence-electron chi connectivity index (χ2n) is 4.22. The fraction of sp³-hybridized carbons (Fsp3) is 0.333. The van der Waals surface area contributed by atoms with Crippen molar-refractivity contribution in [1.29, 1.82) is 0 Å². The molecule has 2 amide bonds. The maximum Gasteiger partial charge on any atom is 0.322 e. The monoisotopic (exact) mass is 268 g/mol. The van der Waals surface area contributed by atoms with Crippen molar-refractivity contribution in [2.45, 2.75) is 19.9 Å². The van der Waals surface area contributed by atoms with Crippen molar-refractivity contribution in [2.75, 3.05) is 11.9 Å². The minimum atomic E-state index is -0.525. The number of hydrogen-bond donors (Lipinski definition) is 3. The maximum atomic E-state index is 13.4. The van der Waals surface area contributed by atoms with Crippen LogP contribution in [0.2, 0.25) is 0 Å². The summed E-state index contributed by atoms with van der Waals surface area (Å²) < 4.78 is 13.4. The lowest BCUT2D eigenvalue weighted by Crippen LogP contribution is -2.45. The van der Waals surface area contributed by atoms with Crippen molar-refractivity contribution < 1.29 is 14.4 Å². The van der Waals surface area contributed by atoms with Crippen molar-refractivity contribution in [3.63, 3.8) is 0 Å². The summed E-state index contributed by atoms with van der Waals surface area (Å²) in [5.74, 6) is -0.624. The molecule has 0 spiro atoms. The lowest BCUT2D eigenvalue weighted by molar-refractivity contribution is 0.205. The van der Waals surface area contributed by atoms with Gasteiger partial charge in [-0.15, -0.1) is 0 Å². The molecule has 0 aliphatic heterocycles. The molecule has 0 heterocycles. The minimum absolute atomic E-state index is 0.0472. The molecule has 1 rings (SSSR count). The van der Waals surface area contributed by atoms with E-state index in [1.807, 2.05) is 0 Å². The second-order valence-corrected chi connectivity index (χ2v) is 4.22. The number of nitrogens with zero attached hydrogens (tertiary/aromatic N) is 2. The summed E-state index contributed by atoms with van der Waals surface area (Å²) in [7, 11) is 0. The molecule has 0 aliphatic carbocycles. The molecule has 0 saturated carbocycles. The number of benzene rings is 1. The van der Waals surface area contributed by atoms with E-state index in [-0.39, 0.29) is 24.1 Å². The highest BCUT2D eigenvalue weighted by Gasteiger charge is 2.19. The van der Waals surface area contributed by atoms with Crippen molar-refractivity contribution >= 4 is 17.6 Å². The van der Waals surface area contributed by atoms with E-state index in [0.717, 1.165) is 0 Å². The van der Waals surface area contributed by atoms with Crippen LogP contribution in [0.25, 0.3) is 0 Å². The Morgan fingerprint density at radius 2 is 2.16 bits per heavy atom. The SMILES string of the molecule is CC(C)N(CC(N)=NO)C(=O)Nc1ccccc1F. The van der Waals surface area contributed by atoms with Gasteiger partial charge in [-0.1, -0.05) is 17.3 Å². The van der Waals surface area contributed by atoms with Gasteiger partial charge < -0.3 is 21.2 Å². The Hall–Kier alpha value is -2.31. The van der Waals surface area contributed by atoms with Crippen LogP contribution < -0.4 is 11.1 Å². The van der Waals surface area contributed by atoms with Gasteiger partial charge in [-0.3, -0.25) is 0 Å². The number of nitrogens with two attached hydrogens (primary N) is 1.